The number of aliphatic hydroxyl groups excluding tert-OH is 1. The Hall–Kier alpha value is -1.64. The lowest BCUT2D eigenvalue weighted by atomic mass is 10.00. The van der Waals surface area contributed by atoms with Crippen LogP contribution in [0.1, 0.15) is 37.3 Å². The predicted molar refractivity (Wildman–Crippen MR) is 129 cm³/mol. The van der Waals surface area contributed by atoms with E-state index in [0.717, 1.165) is 17.7 Å². The van der Waals surface area contributed by atoms with Gasteiger partial charge in [0.2, 0.25) is 5.91 Å². The highest BCUT2D eigenvalue weighted by Crippen LogP contribution is 2.34. The number of carbonyl (C=O) groups is 1. The molecule has 0 radical (unpaired) electrons. The van der Waals surface area contributed by atoms with Gasteiger partial charge in [-0.25, -0.2) is 0 Å². The van der Waals surface area contributed by atoms with Gasteiger partial charge in [-0.3, -0.25) is 9.69 Å². The second kappa shape index (κ2) is 12.0. The average Bonchev–Trinajstić information content (AvgIpc) is 3.25. The molecule has 0 bridgehead atoms. The Labute approximate surface area is 199 Å². The molecular formula is C24H33ClN2O4S. The first-order valence-electron chi connectivity index (χ1n) is 11.1. The zero-order chi connectivity index (χ0) is 23.1. The third kappa shape index (κ3) is 6.68. The minimum atomic E-state index is -0.626. The van der Waals surface area contributed by atoms with Gasteiger partial charge in [0.1, 0.15) is 12.4 Å². The van der Waals surface area contributed by atoms with Crippen LogP contribution >= 0.6 is 22.9 Å². The van der Waals surface area contributed by atoms with E-state index in [4.69, 9.17) is 21.1 Å². The molecule has 176 valence electrons. The first-order valence-corrected chi connectivity index (χ1v) is 12.4. The average molecular weight is 481 g/mol. The van der Waals surface area contributed by atoms with Crippen molar-refractivity contribution >= 4 is 28.8 Å². The quantitative estimate of drug-likeness (QED) is 0.526. The minimum absolute atomic E-state index is 0.0452. The number of halogens is 1. The number of aliphatic hydroxyl groups is 1. The van der Waals surface area contributed by atoms with E-state index < -0.39 is 6.10 Å². The van der Waals surface area contributed by atoms with Crippen molar-refractivity contribution < 1.29 is 19.4 Å². The highest BCUT2D eigenvalue weighted by atomic mass is 35.5. The largest absolute Gasteiger partial charge is 0.491 e. The number of rotatable bonds is 11. The molecule has 2 heterocycles. The maximum absolute atomic E-state index is 13.4. The number of ether oxygens (including phenoxy) is 2. The summed E-state index contributed by atoms with van der Waals surface area (Å²) >= 11 is 7.71. The van der Waals surface area contributed by atoms with Crippen LogP contribution in [0.25, 0.3) is 0 Å². The molecule has 2 atom stereocenters. The fraction of sp³-hybridized carbons (Fsp3) is 0.542. The summed E-state index contributed by atoms with van der Waals surface area (Å²) in [5.74, 6) is 0.774. The van der Waals surface area contributed by atoms with Crippen LogP contribution in [0.3, 0.4) is 0 Å². The summed E-state index contributed by atoms with van der Waals surface area (Å²) in [5.41, 5.74) is 1.16. The van der Waals surface area contributed by atoms with Gasteiger partial charge in [-0.2, -0.15) is 0 Å². The molecule has 32 heavy (non-hydrogen) atoms. The number of carbonyl (C=O) groups excluding carboxylic acids is 1. The fourth-order valence-electron chi connectivity index (χ4n) is 3.88. The van der Waals surface area contributed by atoms with Crippen LogP contribution < -0.4 is 4.74 Å². The van der Waals surface area contributed by atoms with Gasteiger partial charge in [0.15, 0.2) is 0 Å². The molecule has 6 nitrogen and oxygen atoms in total. The van der Waals surface area contributed by atoms with Crippen molar-refractivity contribution in [1.29, 1.82) is 0 Å². The Morgan fingerprint density at radius 3 is 2.75 bits per heavy atom. The molecule has 0 saturated heterocycles. The molecule has 0 saturated carbocycles. The molecule has 1 aliphatic heterocycles. The third-order valence-electron chi connectivity index (χ3n) is 5.66. The van der Waals surface area contributed by atoms with Gasteiger partial charge < -0.3 is 19.5 Å². The van der Waals surface area contributed by atoms with E-state index in [9.17, 15) is 9.90 Å². The van der Waals surface area contributed by atoms with Gasteiger partial charge in [-0.15, -0.1) is 11.3 Å². The van der Waals surface area contributed by atoms with E-state index >= 15 is 0 Å². The molecule has 1 aromatic carbocycles. The summed E-state index contributed by atoms with van der Waals surface area (Å²) in [5, 5.41) is 13.0. The van der Waals surface area contributed by atoms with Crippen molar-refractivity contribution in [3.63, 3.8) is 0 Å². The Morgan fingerprint density at radius 2 is 2.06 bits per heavy atom. The number of amides is 1. The van der Waals surface area contributed by atoms with Crippen LogP contribution in [-0.4, -0.2) is 72.4 Å². The number of hydrogen-bond donors (Lipinski definition) is 1. The minimum Gasteiger partial charge on any atom is -0.491 e. The van der Waals surface area contributed by atoms with Crippen molar-refractivity contribution in [3.8, 4) is 5.75 Å². The summed E-state index contributed by atoms with van der Waals surface area (Å²) in [4.78, 5) is 18.7. The lowest BCUT2D eigenvalue weighted by Gasteiger charge is -2.38. The molecule has 3 rings (SSSR count). The molecule has 0 unspecified atom stereocenters. The van der Waals surface area contributed by atoms with Gasteiger partial charge in [-0.05, 0) is 68.5 Å². The van der Waals surface area contributed by atoms with Crippen molar-refractivity contribution in [2.24, 2.45) is 0 Å². The van der Waals surface area contributed by atoms with Gasteiger partial charge in [0.25, 0.3) is 0 Å². The van der Waals surface area contributed by atoms with Crippen LogP contribution in [0.15, 0.2) is 35.7 Å². The van der Waals surface area contributed by atoms with Crippen LogP contribution in [0, 0.1) is 0 Å². The zero-order valence-electron chi connectivity index (χ0n) is 19.0. The first kappa shape index (κ1) is 25.0. The molecule has 0 aliphatic carbocycles. The van der Waals surface area contributed by atoms with E-state index in [1.807, 2.05) is 42.7 Å². The SMILES string of the molecule is CCOC[C@H](O)CN(CC(=O)N1CCc2sccc2[C@@H]1COc1ccc(Cl)cc1)C(C)C. The highest BCUT2D eigenvalue weighted by Gasteiger charge is 2.33. The first-order chi connectivity index (χ1) is 15.4. The molecule has 8 heteroatoms. The number of thiophene rings is 1. The molecule has 0 fully saturated rings. The van der Waals surface area contributed by atoms with Gasteiger partial charge in [0, 0.05) is 35.6 Å². The maximum Gasteiger partial charge on any atom is 0.237 e. The molecular weight excluding hydrogens is 448 g/mol. The highest BCUT2D eigenvalue weighted by molar-refractivity contribution is 7.10. The van der Waals surface area contributed by atoms with Crippen molar-refractivity contribution in [2.75, 3.05) is 39.5 Å². The molecule has 0 spiro atoms. The lowest BCUT2D eigenvalue weighted by Crippen LogP contribution is -2.49. The van der Waals surface area contributed by atoms with Gasteiger partial charge in [0.05, 0.1) is 25.3 Å². The topological polar surface area (TPSA) is 62.2 Å². The van der Waals surface area contributed by atoms with Crippen molar-refractivity contribution in [3.05, 3.63) is 51.2 Å². The number of fused-ring (bicyclic) bond motifs is 1. The fourth-order valence-corrected chi connectivity index (χ4v) is 4.93. The third-order valence-corrected chi connectivity index (χ3v) is 6.91. The molecule has 1 aromatic heterocycles. The van der Waals surface area contributed by atoms with Crippen LogP contribution in [0.5, 0.6) is 5.75 Å². The standard InChI is InChI=1S/C24H33ClN2O4S/c1-4-30-15-19(28)13-26(17(2)3)14-24(29)27-11-9-23-21(10-12-32-23)22(27)16-31-20-7-5-18(25)6-8-20/h5-8,10,12,17,19,22,28H,4,9,11,13-16H2,1-3H3/t19-,22+/m1/s1. The van der Waals surface area contributed by atoms with Crippen LogP contribution in [0.4, 0.5) is 0 Å². The predicted octanol–water partition coefficient (Wildman–Crippen LogP) is 4.01. The monoisotopic (exact) mass is 480 g/mol. The summed E-state index contributed by atoms with van der Waals surface area (Å²) in [6.07, 6.45) is 0.226. The summed E-state index contributed by atoms with van der Waals surface area (Å²) in [6.45, 7) is 8.49. The van der Waals surface area contributed by atoms with E-state index in [1.54, 1.807) is 23.5 Å². The number of benzene rings is 1. The van der Waals surface area contributed by atoms with Crippen molar-refractivity contribution in [2.45, 2.75) is 45.4 Å². The van der Waals surface area contributed by atoms with E-state index in [1.165, 1.54) is 4.88 Å². The Balaban J connectivity index is 1.70. The zero-order valence-corrected chi connectivity index (χ0v) is 20.6. The van der Waals surface area contributed by atoms with Gasteiger partial charge in [-0.1, -0.05) is 11.6 Å². The second-order valence-corrected chi connectivity index (χ2v) is 9.69. The Kier molecular flexibility index (Phi) is 9.37. The number of nitrogens with zero attached hydrogens (tertiary/aromatic N) is 2. The van der Waals surface area contributed by atoms with Gasteiger partial charge >= 0.3 is 0 Å². The van der Waals surface area contributed by atoms with Crippen LogP contribution in [0.2, 0.25) is 5.02 Å². The Morgan fingerprint density at radius 1 is 1.31 bits per heavy atom. The number of hydrogen-bond acceptors (Lipinski definition) is 6. The van der Waals surface area contributed by atoms with E-state index in [0.29, 0.717) is 31.3 Å². The summed E-state index contributed by atoms with van der Waals surface area (Å²) in [7, 11) is 0. The molecule has 2 aromatic rings. The molecule has 1 amide bonds. The molecule has 1 N–H and O–H groups in total. The molecule has 1 aliphatic rings. The Bertz CT molecular complexity index is 858. The van der Waals surface area contributed by atoms with Crippen LogP contribution in [-0.2, 0) is 16.0 Å². The van der Waals surface area contributed by atoms with Crippen molar-refractivity contribution in [1.82, 2.24) is 9.80 Å². The normalized spacial score (nSPS) is 17.0. The summed E-state index contributed by atoms with van der Waals surface area (Å²) < 4.78 is 11.4. The smallest absolute Gasteiger partial charge is 0.237 e. The maximum atomic E-state index is 13.4. The lowest BCUT2D eigenvalue weighted by molar-refractivity contribution is -0.137. The van der Waals surface area contributed by atoms with E-state index in [2.05, 4.69) is 11.4 Å². The summed E-state index contributed by atoms with van der Waals surface area (Å²) in [6, 6.07) is 9.35. The van der Waals surface area contributed by atoms with E-state index in [-0.39, 0.29) is 31.1 Å². The second-order valence-electron chi connectivity index (χ2n) is 8.25.